The summed E-state index contributed by atoms with van der Waals surface area (Å²) in [5, 5.41) is -0.140. The van der Waals surface area contributed by atoms with E-state index in [2.05, 4.69) is 5.87 Å². The highest BCUT2D eigenvalue weighted by molar-refractivity contribution is 8.13. The summed E-state index contributed by atoms with van der Waals surface area (Å²) in [4.78, 5) is 16.0. The number of piperidine rings is 1. The number of alkyl halides is 3. The highest BCUT2D eigenvalue weighted by Gasteiger charge is 2.39. The molecule has 212 valence electrons. The number of ether oxygens (including phenoxy) is 1. The van der Waals surface area contributed by atoms with Gasteiger partial charge in [-0.25, -0.2) is 8.42 Å². The number of allylic oxidation sites excluding steroid dienone is 1. The van der Waals surface area contributed by atoms with E-state index in [1.165, 1.54) is 12.1 Å². The number of hydrogen-bond donors (Lipinski definition) is 0. The largest absolute Gasteiger partial charge is 0.490 e. The van der Waals surface area contributed by atoms with E-state index >= 15 is 0 Å². The van der Waals surface area contributed by atoms with Crippen LogP contribution in [0, 0.1) is 11.8 Å². The molecular formula is C27H36F3NO4S3. The van der Waals surface area contributed by atoms with E-state index in [1.807, 2.05) is 6.26 Å². The Morgan fingerprint density at radius 1 is 1.16 bits per heavy atom. The number of amides is 1. The number of hydrogen-bond acceptors (Lipinski definition) is 5. The molecule has 11 heteroatoms. The summed E-state index contributed by atoms with van der Waals surface area (Å²) in [7, 11) is -4.32. The van der Waals surface area contributed by atoms with Crippen LogP contribution in [0.1, 0.15) is 55.8 Å². The van der Waals surface area contributed by atoms with Crippen molar-refractivity contribution in [2.75, 3.05) is 31.4 Å². The van der Waals surface area contributed by atoms with Gasteiger partial charge in [-0.05, 0) is 74.5 Å². The van der Waals surface area contributed by atoms with Gasteiger partial charge >= 0.3 is 6.18 Å². The average Bonchev–Trinajstić information content (AvgIpc) is 3.65. The second kappa shape index (κ2) is 11.6. The van der Waals surface area contributed by atoms with Gasteiger partial charge in [0.25, 0.3) is 5.91 Å². The monoisotopic (exact) mass is 591 g/mol. The van der Waals surface area contributed by atoms with Gasteiger partial charge in [0.05, 0.1) is 16.6 Å². The molecular weight excluding hydrogens is 555 g/mol. The number of sulfone groups is 1. The molecule has 1 amide bonds. The van der Waals surface area contributed by atoms with Crippen LogP contribution in [-0.2, 0) is 9.84 Å². The molecule has 0 bridgehead atoms. The quantitative estimate of drug-likeness (QED) is 0.266. The van der Waals surface area contributed by atoms with Crippen LogP contribution in [0.5, 0.6) is 5.75 Å². The Kier molecular flexibility index (Phi) is 8.99. The van der Waals surface area contributed by atoms with Crippen LogP contribution in [0.4, 0.5) is 13.2 Å². The molecule has 1 saturated heterocycles. The average molecular weight is 592 g/mol. The predicted molar refractivity (Wildman–Crippen MR) is 150 cm³/mol. The van der Waals surface area contributed by atoms with Crippen molar-refractivity contribution in [2.24, 2.45) is 11.8 Å². The van der Waals surface area contributed by atoms with E-state index in [-0.39, 0.29) is 27.7 Å². The Balaban J connectivity index is 1.44. The Bertz CT molecular complexity index is 1220. The summed E-state index contributed by atoms with van der Waals surface area (Å²) in [5.41, 5.74) is -0.224. The molecule has 1 aromatic rings. The molecule has 0 spiro atoms. The molecule has 1 aliphatic heterocycles. The normalized spacial score (nSPS) is 24.2. The number of carbonyl (C=O) groups excluding carboxylic acids is 1. The molecule has 1 saturated carbocycles. The van der Waals surface area contributed by atoms with Crippen LogP contribution in [0.2, 0.25) is 0 Å². The van der Waals surface area contributed by atoms with Crippen LogP contribution in [-0.4, -0.2) is 74.0 Å². The lowest BCUT2D eigenvalue weighted by Gasteiger charge is -2.34. The number of rotatable bonds is 8. The van der Waals surface area contributed by atoms with Crippen molar-refractivity contribution >= 4 is 43.9 Å². The van der Waals surface area contributed by atoms with Gasteiger partial charge in [-0.1, -0.05) is 18.9 Å². The third kappa shape index (κ3) is 7.18. The number of benzene rings is 1. The van der Waals surface area contributed by atoms with Gasteiger partial charge in [0.1, 0.15) is 5.75 Å². The van der Waals surface area contributed by atoms with Crippen LogP contribution < -0.4 is 4.74 Å². The van der Waals surface area contributed by atoms with E-state index in [1.54, 1.807) is 29.7 Å². The van der Waals surface area contributed by atoms with Crippen molar-refractivity contribution < 1.29 is 31.1 Å². The maximum Gasteiger partial charge on any atom is 0.412 e. The first-order chi connectivity index (χ1) is 17.7. The van der Waals surface area contributed by atoms with Crippen molar-refractivity contribution in [1.82, 2.24) is 4.90 Å². The molecule has 1 aromatic carbocycles. The summed E-state index contributed by atoms with van der Waals surface area (Å²) in [6, 6.07) is 3.22. The number of thioether (sulfide) groups is 1. The van der Waals surface area contributed by atoms with Crippen LogP contribution in [0.25, 0.3) is 0 Å². The molecule has 5 nitrogen and oxygen atoms in total. The molecule has 1 heterocycles. The van der Waals surface area contributed by atoms with E-state index in [4.69, 9.17) is 4.74 Å². The minimum absolute atomic E-state index is 0.0184. The molecule has 3 atom stereocenters. The third-order valence-corrected chi connectivity index (χ3v) is 11.1. The van der Waals surface area contributed by atoms with Gasteiger partial charge in [-0.3, -0.25) is 4.79 Å². The lowest BCUT2D eigenvalue weighted by molar-refractivity contribution is -0.0997. The summed E-state index contributed by atoms with van der Waals surface area (Å²) in [6.45, 7) is 2.59. The fraction of sp³-hybridized carbons (Fsp3) is 0.630. The summed E-state index contributed by atoms with van der Waals surface area (Å²) in [5.74, 6) is 4.81. The minimum atomic E-state index is -4.28. The zero-order chi connectivity index (χ0) is 27.8. The number of likely N-dealkylation sites (tertiary alicyclic amines) is 1. The zero-order valence-corrected chi connectivity index (χ0v) is 24.5. The fourth-order valence-corrected chi connectivity index (χ4v) is 8.26. The van der Waals surface area contributed by atoms with Crippen molar-refractivity contribution in [2.45, 2.75) is 72.8 Å². The smallest absolute Gasteiger partial charge is 0.412 e. The van der Waals surface area contributed by atoms with Crippen LogP contribution in [0.15, 0.2) is 33.6 Å². The van der Waals surface area contributed by atoms with E-state index in [0.717, 1.165) is 44.1 Å². The predicted octanol–water partition coefficient (Wildman–Crippen LogP) is 6.19. The van der Waals surface area contributed by atoms with Gasteiger partial charge < -0.3 is 9.64 Å². The van der Waals surface area contributed by atoms with Crippen molar-refractivity contribution in [3.05, 3.63) is 29.3 Å². The number of halogens is 3. The molecule has 0 radical (unpaired) electrons. The molecule has 38 heavy (non-hydrogen) atoms. The van der Waals surface area contributed by atoms with Crippen molar-refractivity contribution in [3.8, 4) is 5.75 Å². The van der Waals surface area contributed by atoms with Crippen molar-refractivity contribution in [3.63, 3.8) is 0 Å². The van der Waals surface area contributed by atoms with E-state index < -0.39 is 38.0 Å². The minimum Gasteiger partial charge on any atom is -0.490 e. The second-order valence-corrected chi connectivity index (χ2v) is 15.7. The molecule has 2 unspecified atom stereocenters. The summed E-state index contributed by atoms with van der Waals surface area (Å²) >= 11 is 1.58. The third-order valence-electron chi connectivity index (χ3n) is 7.41. The molecule has 0 N–H and O–H groups in total. The van der Waals surface area contributed by atoms with E-state index in [0.29, 0.717) is 36.1 Å². The molecule has 2 fully saturated rings. The van der Waals surface area contributed by atoms with Crippen LogP contribution >= 0.6 is 22.2 Å². The van der Waals surface area contributed by atoms with Gasteiger partial charge in [-0.2, -0.15) is 35.4 Å². The Morgan fingerprint density at radius 3 is 2.37 bits per heavy atom. The first kappa shape index (κ1) is 29.5. The standard InChI is InChI=1S/C27H36F3NO4S3/c1-17-5-8-21(15-22(17)27(28,29)30)36-16-18-9-11-31(12-10-18)26(32)25-23(37(2)3)13-20(35-19-6-7-19)14-24(25)38(4,33)34/h13-15,17-19,21H,2,5-12,16H2,1,3-4H3/t17-,21?,37?/m1/s1. The van der Waals surface area contributed by atoms with Gasteiger partial charge in [0, 0.05) is 35.1 Å². The molecule has 2 aliphatic carbocycles. The lowest BCUT2D eigenvalue weighted by atomic mass is 9.88. The van der Waals surface area contributed by atoms with Gasteiger partial charge in [0.15, 0.2) is 9.84 Å². The maximum atomic E-state index is 13.7. The summed E-state index contributed by atoms with van der Waals surface area (Å²) < 4.78 is 71.3. The SMILES string of the molecule is C=S(C)c1cc(OC2CC2)cc(S(C)(=O)=O)c1C(=O)N1CCC(CSC2C=C(C(F)(F)F)[C@H](C)CC2)CC1. The number of nitrogens with zero attached hydrogens (tertiary/aromatic N) is 1. The zero-order valence-electron chi connectivity index (χ0n) is 22.1. The maximum absolute atomic E-state index is 13.7. The molecule has 0 aromatic heterocycles. The highest BCUT2D eigenvalue weighted by Crippen LogP contribution is 2.41. The summed E-state index contributed by atoms with van der Waals surface area (Å²) in [6.07, 6.45) is 4.77. The Morgan fingerprint density at radius 2 is 1.82 bits per heavy atom. The topological polar surface area (TPSA) is 63.7 Å². The first-order valence-corrected chi connectivity index (χ1v) is 17.7. The van der Waals surface area contributed by atoms with Crippen LogP contribution in [0.3, 0.4) is 0 Å². The second-order valence-electron chi connectivity index (χ2n) is 10.7. The lowest BCUT2D eigenvalue weighted by Crippen LogP contribution is -2.40. The molecule has 3 aliphatic rings. The Hall–Kier alpha value is -1.46. The Labute approximate surface area is 230 Å². The van der Waals surface area contributed by atoms with Gasteiger partial charge in [-0.15, -0.1) is 0 Å². The highest BCUT2D eigenvalue weighted by atomic mass is 32.2. The first-order valence-electron chi connectivity index (χ1n) is 12.9. The number of carbonyl (C=O) groups is 1. The van der Waals surface area contributed by atoms with Crippen molar-refractivity contribution in [1.29, 1.82) is 0 Å². The molecule has 4 rings (SSSR count). The van der Waals surface area contributed by atoms with E-state index in [9.17, 15) is 26.4 Å². The van der Waals surface area contributed by atoms with Gasteiger partial charge in [0.2, 0.25) is 0 Å². The fourth-order valence-electron chi connectivity index (χ4n) is 5.03.